The Labute approximate surface area is 109 Å². The van der Waals surface area contributed by atoms with Crippen molar-refractivity contribution < 1.29 is 19.1 Å². The number of halogens is 3. The van der Waals surface area contributed by atoms with Crippen LogP contribution >= 0.6 is 34.8 Å². The molecule has 0 unspecified atom stereocenters. The molecule has 0 saturated heterocycles. The van der Waals surface area contributed by atoms with Crippen LogP contribution in [0.1, 0.15) is 26.2 Å². The normalized spacial score (nSPS) is 11.0. The summed E-state index contributed by atoms with van der Waals surface area (Å²) < 4.78 is 7.75. The average molecular weight is 292 g/mol. The van der Waals surface area contributed by atoms with E-state index < -0.39 is 15.7 Å². The Kier molecular flexibility index (Phi) is 7.89. The van der Waals surface area contributed by atoms with Gasteiger partial charge < -0.3 is 9.47 Å². The molecule has 16 heavy (non-hydrogen) atoms. The van der Waals surface area contributed by atoms with Crippen LogP contribution in [-0.4, -0.2) is 28.9 Å². The lowest BCUT2D eigenvalue weighted by atomic mass is 10.3. The van der Waals surface area contributed by atoms with Gasteiger partial charge in [0.15, 0.2) is 0 Å². The largest absolute Gasteiger partial charge is 0.466 e. The van der Waals surface area contributed by atoms with Crippen LogP contribution in [0, 0.1) is 0 Å². The van der Waals surface area contributed by atoms with Gasteiger partial charge in [-0.05, 0) is 6.42 Å². The summed E-state index contributed by atoms with van der Waals surface area (Å²) >= 11 is 16.1. The fraction of sp³-hybridized carbons (Fsp3) is 0.778. The Bertz CT molecular complexity index is 237. The third-order valence-electron chi connectivity index (χ3n) is 1.40. The van der Waals surface area contributed by atoms with Crippen molar-refractivity contribution >= 4 is 46.7 Å². The molecule has 0 fully saturated rings. The van der Waals surface area contributed by atoms with Crippen molar-refractivity contribution in [3.05, 3.63) is 0 Å². The molecule has 94 valence electrons. The first-order chi connectivity index (χ1) is 7.35. The second-order valence-electron chi connectivity index (χ2n) is 3.00. The molecule has 0 N–H and O–H groups in total. The fourth-order valence-corrected chi connectivity index (χ4v) is 0.890. The first-order valence-electron chi connectivity index (χ1n) is 4.73. The standard InChI is InChI=1S/C9H13Cl3O4/c1-2-5-15-7(13)3-4-8(14)16-6-9(10,11)12/h2-6H2,1H3. The van der Waals surface area contributed by atoms with Crippen LogP contribution in [-0.2, 0) is 19.1 Å². The lowest BCUT2D eigenvalue weighted by molar-refractivity contribution is -0.150. The molecule has 0 spiro atoms. The highest BCUT2D eigenvalue weighted by molar-refractivity contribution is 6.67. The third kappa shape index (κ3) is 10.3. The first-order valence-corrected chi connectivity index (χ1v) is 5.86. The van der Waals surface area contributed by atoms with Crippen molar-refractivity contribution in [2.75, 3.05) is 13.2 Å². The Balaban J connectivity index is 3.61. The summed E-state index contributed by atoms with van der Waals surface area (Å²) in [6.07, 6.45) is 0.630. The van der Waals surface area contributed by atoms with Crippen LogP contribution in [0.3, 0.4) is 0 Å². The van der Waals surface area contributed by atoms with E-state index in [0.717, 1.165) is 6.42 Å². The maximum atomic E-state index is 11.1. The van der Waals surface area contributed by atoms with E-state index in [1.165, 1.54) is 0 Å². The van der Waals surface area contributed by atoms with Crippen molar-refractivity contribution in [2.24, 2.45) is 0 Å². The zero-order chi connectivity index (χ0) is 12.6. The number of hydrogen-bond acceptors (Lipinski definition) is 4. The summed E-state index contributed by atoms with van der Waals surface area (Å²) in [4.78, 5) is 22.1. The number of ether oxygens (including phenoxy) is 2. The summed E-state index contributed by atoms with van der Waals surface area (Å²) in [6.45, 7) is 1.89. The molecule has 0 aromatic carbocycles. The van der Waals surface area contributed by atoms with Crippen LogP contribution in [0.5, 0.6) is 0 Å². The van der Waals surface area contributed by atoms with E-state index in [1.54, 1.807) is 0 Å². The monoisotopic (exact) mass is 290 g/mol. The fourth-order valence-electron chi connectivity index (χ4n) is 0.727. The van der Waals surface area contributed by atoms with Crippen molar-refractivity contribution in [1.29, 1.82) is 0 Å². The maximum Gasteiger partial charge on any atom is 0.306 e. The van der Waals surface area contributed by atoms with Crippen LogP contribution in [0.4, 0.5) is 0 Å². The first kappa shape index (κ1) is 15.8. The second kappa shape index (κ2) is 7.98. The van der Waals surface area contributed by atoms with Gasteiger partial charge in [0.25, 0.3) is 0 Å². The van der Waals surface area contributed by atoms with Gasteiger partial charge in [0.2, 0.25) is 3.79 Å². The molecule has 0 aliphatic heterocycles. The van der Waals surface area contributed by atoms with Gasteiger partial charge in [0.1, 0.15) is 6.61 Å². The van der Waals surface area contributed by atoms with Gasteiger partial charge in [-0.1, -0.05) is 41.7 Å². The Hall–Kier alpha value is -0.190. The Morgan fingerprint density at radius 2 is 1.56 bits per heavy atom. The molecule has 0 radical (unpaired) electrons. The van der Waals surface area contributed by atoms with E-state index in [2.05, 4.69) is 4.74 Å². The van der Waals surface area contributed by atoms with Crippen LogP contribution in [0.2, 0.25) is 0 Å². The molecular weight excluding hydrogens is 278 g/mol. The van der Waals surface area contributed by atoms with E-state index in [0.29, 0.717) is 6.61 Å². The number of carbonyl (C=O) groups is 2. The van der Waals surface area contributed by atoms with Crippen LogP contribution < -0.4 is 0 Å². The Morgan fingerprint density at radius 3 is 2.00 bits per heavy atom. The third-order valence-corrected chi connectivity index (χ3v) is 1.72. The molecule has 0 saturated carbocycles. The summed E-state index contributed by atoms with van der Waals surface area (Å²) in [5.41, 5.74) is 0. The molecule has 0 atom stereocenters. The van der Waals surface area contributed by atoms with Gasteiger partial charge in [0, 0.05) is 0 Å². The molecule has 0 aromatic heterocycles. The quantitative estimate of drug-likeness (QED) is 0.557. The molecule has 7 heteroatoms. The number of esters is 2. The van der Waals surface area contributed by atoms with Crippen molar-refractivity contribution in [3.8, 4) is 0 Å². The average Bonchev–Trinajstić information content (AvgIpc) is 2.19. The van der Waals surface area contributed by atoms with E-state index >= 15 is 0 Å². The minimum Gasteiger partial charge on any atom is -0.466 e. The Morgan fingerprint density at radius 1 is 1.06 bits per heavy atom. The zero-order valence-corrected chi connectivity index (χ0v) is 11.1. The molecule has 0 aliphatic carbocycles. The van der Waals surface area contributed by atoms with Gasteiger partial charge in [-0.2, -0.15) is 0 Å². The van der Waals surface area contributed by atoms with E-state index in [4.69, 9.17) is 39.5 Å². The molecule has 0 bridgehead atoms. The number of carbonyl (C=O) groups excluding carboxylic acids is 2. The molecular formula is C9H13Cl3O4. The zero-order valence-electron chi connectivity index (χ0n) is 8.80. The van der Waals surface area contributed by atoms with Gasteiger partial charge in [-0.15, -0.1) is 0 Å². The molecule has 0 rings (SSSR count). The highest BCUT2D eigenvalue weighted by atomic mass is 35.6. The highest BCUT2D eigenvalue weighted by Gasteiger charge is 2.22. The molecule has 0 aromatic rings. The minimum atomic E-state index is -1.63. The molecule has 0 aliphatic rings. The van der Waals surface area contributed by atoms with Crippen molar-refractivity contribution in [2.45, 2.75) is 30.0 Å². The van der Waals surface area contributed by atoms with Gasteiger partial charge in [0.05, 0.1) is 19.4 Å². The van der Waals surface area contributed by atoms with Gasteiger partial charge >= 0.3 is 11.9 Å². The minimum absolute atomic E-state index is 0.0291. The molecule has 0 heterocycles. The lowest BCUT2D eigenvalue weighted by Gasteiger charge is -2.10. The maximum absolute atomic E-state index is 11.1. The molecule has 4 nitrogen and oxygen atoms in total. The van der Waals surface area contributed by atoms with Crippen LogP contribution in [0.15, 0.2) is 0 Å². The number of alkyl halides is 3. The number of hydrogen-bond donors (Lipinski definition) is 0. The summed E-state index contributed by atoms with van der Waals surface area (Å²) in [6, 6.07) is 0. The highest BCUT2D eigenvalue weighted by Crippen LogP contribution is 2.26. The van der Waals surface area contributed by atoms with E-state index in [1.807, 2.05) is 6.92 Å². The van der Waals surface area contributed by atoms with Crippen molar-refractivity contribution in [1.82, 2.24) is 0 Å². The van der Waals surface area contributed by atoms with Gasteiger partial charge in [-0.3, -0.25) is 9.59 Å². The van der Waals surface area contributed by atoms with E-state index in [9.17, 15) is 9.59 Å². The summed E-state index contributed by atoms with van der Waals surface area (Å²) in [5.74, 6) is -1.03. The lowest BCUT2D eigenvalue weighted by Crippen LogP contribution is -2.18. The smallest absolute Gasteiger partial charge is 0.306 e. The second-order valence-corrected chi connectivity index (χ2v) is 5.51. The summed E-state index contributed by atoms with van der Waals surface area (Å²) in [5, 5.41) is 0. The predicted molar refractivity (Wildman–Crippen MR) is 61.7 cm³/mol. The van der Waals surface area contributed by atoms with Crippen molar-refractivity contribution in [3.63, 3.8) is 0 Å². The predicted octanol–water partition coefficient (Wildman–Crippen LogP) is 2.63. The SMILES string of the molecule is CCCOC(=O)CCC(=O)OCC(Cl)(Cl)Cl. The van der Waals surface area contributed by atoms with E-state index in [-0.39, 0.29) is 19.4 Å². The number of rotatable bonds is 6. The topological polar surface area (TPSA) is 52.6 Å². The van der Waals surface area contributed by atoms with Crippen LogP contribution in [0.25, 0.3) is 0 Å². The molecule has 0 amide bonds. The summed E-state index contributed by atoms with van der Waals surface area (Å²) in [7, 11) is 0. The van der Waals surface area contributed by atoms with Gasteiger partial charge in [-0.25, -0.2) is 0 Å².